The van der Waals surface area contributed by atoms with Crippen molar-refractivity contribution >= 4 is 11.6 Å². The van der Waals surface area contributed by atoms with Gasteiger partial charge in [-0.15, -0.1) is 0 Å². The average molecular weight is 327 g/mol. The summed E-state index contributed by atoms with van der Waals surface area (Å²) in [5, 5.41) is 11.0. The van der Waals surface area contributed by atoms with Gasteiger partial charge >= 0.3 is 0 Å². The Bertz CT molecular complexity index is 521. The summed E-state index contributed by atoms with van der Waals surface area (Å²) in [6.45, 7) is 5.25. The zero-order chi connectivity index (χ0) is 15.6. The molecule has 0 saturated carbocycles. The van der Waals surface area contributed by atoms with Gasteiger partial charge in [0.25, 0.3) is 0 Å². The van der Waals surface area contributed by atoms with Crippen LogP contribution in [-0.2, 0) is 6.54 Å². The molecule has 2 aliphatic rings. The summed E-state index contributed by atoms with van der Waals surface area (Å²) in [7, 11) is 0. The Morgan fingerprint density at radius 2 is 1.91 bits per heavy atom. The zero-order valence-electron chi connectivity index (χ0n) is 12.9. The predicted molar refractivity (Wildman–Crippen MR) is 86.5 cm³/mol. The molecule has 0 bridgehead atoms. The first-order valence-corrected chi connectivity index (χ1v) is 8.53. The van der Waals surface area contributed by atoms with E-state index >= 15 is 0 Å². The molecule has 0 spiro atoms. The molecule has 122 valence electrons. The Balaban J connectivity index is 1.55. The van der Waals surface area contributed by atoms with Crippen LogP contribution in [0.2, 0.25) is 5.02 Å². The third-order valence-electron chi connectivity index (χ3n) is 4.77. The van der Waals surface area contributed by atoms with Gasteiger partial charge in [0.1, 0.15) is 5.82 Å². The lowest BCUT2D eigenvalue weighted by Gasteiger charge is -2.33. The molecule has 0 aromatic heterocycles. The zero-order valence-corrected chi connectivity index (χ0v) is 13.7. The summed E-state index contributed by atoms with van der Waals surface area (Å²) in [5.41, 5.74) is 0.384. The first kappa shape index (κ1) is 16.2. The van der Waals surface area contributed by atoms with E-state index < -0.39 is 5.60 Å². The lowest BCUT2D eigenvalue weighted by molar-refractivity contribution is 0.00635. The van der Waals surface area contributed by atoms with E-state index in [0.717, 1.165) is 38.2 Å². The minimum atomic E-state index is -0.610. The fourth-order valence-electron chi connectivity index (χ4n) is 3.63. The number of benzene rings is 1. The van der Waals surface area contributed by atoms with Gasteiger partial charge in [0.05, 0.1) is 10.6 Å². The summed E-state index contributed by atoms with van der Waals surface area (Å²) < 4.78 is 13.2. The molecule has 1 aromatic rings. The molecule has 2 fully saturated rings. The number of hydrogen-bond donors (Lipinski definition) is 1. The van der Waals surface area contributed by atoms with Gasteiger partial charge in [-0.3, -0.25) is 4.90 Å². The summed E-state index contributed by atoms with van der Waals surface area (Å²) in [6.07, 6.45) is 4.60. The maximum Gasteiger partial charge on any atom is 0.141 e. The molecule has 0 amide bonds. The smallest absolute Gasteiger partial charge is 0.141 e. The number of piperidine rings is 1. The monoisotopic (exact) mass is 326 g/mol. The molecule has 5 heteroatoms. The van der Waals surface area contributed by atoms with E-state index in [1.165, 1.54) is 25.3 Å². The second-order valence-electron chi connectivity index (χ2n) is 6.77. The summed E-state index contributed by atoms with van der Waals surface area (Å²) >= 11 is 5.83. The Kier molecular flexibility index (Phi) is 5.03. The van der Waals surface area contributed by atoms with Gasteiger partial charge in [-0.05, 0) is 50.0 Å². The lowest BCUT2D eigenvalue weighted by Crippen LogP contribution is -2.46. The van der Waals surface area contributed by atoms with Crippen molar-refractivity contribution in [3.05, 3.63) is 34.6 Å². The van der Waals surface area contributed by atoms with E-state index in [2.05, 4.69) is 9.80 Å². The quantitative estimate of drug-likeness (QED) is 0.921. The molecule has 22 heavy (non-hydrogen) atoms. The van der Waals surface area contributed by atoms with E-state index in [4.69, 9.17) is 11.6 Å². The molecule has 1 aromatic carbocycles. The average Bonchev–Trinajstić information content (AvgIpc) is 2.85. The van der Waals surface area contributed by atoms with Crippen LogP contribution >= 0.6 is 11.6 Å². The molecule has 1 unspecified atom stereocenters. The minimum absolute atomic E-state index is 0.167. The van der Waals surface area contributed by atoms with E-state index in [1.54, 1.807) is 12.1 Å². The fourth-order valence-corrected chi connectivity index (χ4v) is 3.84. The molecule has 2 aliphatic heterocycles. The van der Waals surface area contributed by atoms with Crippen molar-refractivity contribution in [3.8, 4) is 0 Å². The Morgan fingerprint density at radius 3 is 2.64 bits per heavy atom. The van der Waals surface area contributed by atoms with Gasteiger partial charge in [-0.25, -0.2) is 4.39 Å². The number of rotatable bonds is 4. The van der Waals surface area contributed by atoms with Crippen molar-refractivity contribution in [2.45, 2.75) is 37.8 Å². The second-order valence-corrected chi connectivity index (χ2v) is 7.18. The molecule has 1 N–H and O–H groups in total. The van der Waals surface area contributed by atoms with Crippen molar-refractivity contribution in [1.82, 2.24) is 9.80 Å². The van der Waals surface area contributed by atoms with Crippen LogP contribution in [0.25, 0.3) is 0 Å². The van der Waals surface area contributed by atoms with Gasteiger partial charge < -0.3 is 10.0 Å². The van der Waals surface area contributed by atoms with E-state index in [9.17, 15) is 9.50 Å². The van der Waals surface area contributed by atoms with Crippen molar-refractivity contribution in [3.63, 3.8) is 0 Å². The highest BCUT2D eigenvalue weighted by Crippen LogP contribution is 2.26. The number of hydrogen-bond acceptors (Lipinski definition) is 3. The lowest BCUT2D eigenvalue weighted by atomic mass is 10.0. The van der Waals surface area contributed by atoms with Gasteiger partial charge in [-0.2, -0.15) is 0 Å². The normalized spacial score (nSPS) is 27.4. The fraction of sp³-hybridized carbons (Fsp3) is 0.647. The molecule has 2 saturated heterocycles. The van der Waals surface area contributed by atoms with Crippen LogP contribution in [0.5, 0.6) is 0 Å². The van der Waals surface area contributed by atoms with E-state index in [0.29, 0.717) is 13.1 Å². The van der Waals surface area contributed by atoms with Crippen LogP contribution in [-0.4, -0.2) is 53.2 Å². The van der Waals surface area contributed by atoms with E-state index in [1.807, 2.05) is 0 Å². The van der Waals surface area contributed by atoms with Crippen LogP contribution in [0.4, 0.5) is 4.39 Å². The van der Waals surface area contributed by atoms with Crippen molar-refractivity contribution < 1.29 is 9.50 Å². The number of halogens is 2. The van der Waals surface area contributed by atoms with Crippen molar-refractivity contribution in [2.75, 3.05) is 32.7 Å². The van der Waals surface area contributed by atoms with Crippen LogP contribution in [0.1, 0.15) is 31.2 Å². The largest absolute Gasteiger partial charge is 0.387 e. The topological polar surface area (TPSA) is 26.7 Å². The molecule has 2 heterocycles. The van der Waals surface area contributed by atoms with Crippen LogP contribution in [0.3, 0.4) is 0 Å². The minimum Gasteiger partial charge on any atom is -0.387 e. The maximum absolute atomic E-state index is 13.2. The Labute approximate surface area is 136 Å². The summed E-state index contributed by atoms with van der Waals surface area (Å²) in [6, 6.07) is 4.86. The molecule has 3 nitrogen and oxygen atoms in total. The first-order valence-electron chi connectivity index (χ1n) is 8.15. The summed E-state index contributed by atoms with van der Waals surface area (Å²) in [5.74, 6) is -0.381. The Hall–Kier alpha value is -0.680. The second kappa shape index (κ2) is 6.83. The van der Waals surface area contributed by atoms with Gasteiger partial charge in [0.15, 0.2) is 0 Å². The molecule has 3 rings (SSSR count). The van der Waals surface area contributed by atoms with Crippen LogP contribution in [0.15, 0.2) is 18.2 Å². The Morgan fingerprint density at radius 1 is 1.14 bits per heavy atom. The number of β-amino-alcohol motifs (C(OH)–C–C–N with tert-alkyl or cyclic N) is 1. The third kappa shape index (κ3) is 3.99. The first-order chi connectivity index (χ1) is 10.5. The highest BCUT2D eigenvalue weighted by Gasteiger charge is 2.37. The molecular formula is C17H24ClFN2O. The number of aliphatic hydroxyl groups is 1. The summed E-state index contributed by atoms with van der Waals surface area (Å²) in [4.78, 5) is 4.62. The van der Waals surface area contributed by atoms with Gasteiger partial charge in [0, 0.05) is 26.2 Å². The van der Waals surface area contributed by atoms with Crippen LogP contribution in [0, 0.1) is 5.82 Å². The molecule has 0 radical (unpaired) electrons. The standard InChI is InChI=1S/C17H24ClFN2O/c18-15-10-14(4-5-16(15)19)11-21-9-6-17(22,13-21)12-20-7-2-1-3-8-20/h4-5,10,22H,1-3,6-9,11-13H2. The molecule has 1 atom stereocenters. The highest BCUT2D eigenvalue weighted by molar-refractivity contribution is 6.30. The highest BCUT2D eigenvalue weighted by atomic mass is 35.5. The maximum atomic E-state index is 13.2. The number of nitrogens with zero attached hydrogens (tertiary/aromatic N) is 2. The van der Waals surface area contributed by atoms with Gasteiger partial charge in [-0.1, -0.05) is 24.1 Å². The van der Waals surface area contributed by atoms with Crippen molar-refractivity contribution in [1.29, 1.82) is 0 Å². The van der Waals surface area contributed by atoms with E-state index in [-0.39, 0.29) is 10.8 Å². The SMILES string of the molecule is OC1(CN2CCCCC2)CCN(Cc2ccc(F)c(Cl)c2)C1. The van der Waals surface area contributed by atoms with Crippen molar-refractivity contribution in [2.24, 2.45) is 0 Å². The van der Waals surface area contributed by atoms with Crippen LogP contribution < -0.4 is 0 Å². The molecule has 0 aliphatic carbocycles. The predicted octanol–water partition coefficient (Wildman–Crippen LogP) is 2.90. The number of likely N-dealkylation sites (tertiary alicyclic amines) is 2. The third-order valence-corrected chi connectivity index (χ3v) is 5.06. The molecular weight excluding hydrogens is 303 g/mol. The van der Waals surface area contributed by atoms with Gasteiger partial charge in [0.2, 0.25) is 0 Å².